The van der Waals surface area contributed by atoms with E-state index in [9.17, 15) is 0 Å². The van der Waals surface area contributed by atoms with Crippen LogP contribution in [0.5, 0.6) is 0 Å². The van der Waals surface area contributed by atoms with Gasteiger partial charge in [-0.2, -0.15) is 5.10 Å². The van der Waals surface area contributed by atoms with Gasteiger partial charge in [0.2, 0.25) is 0 Å². The van der Waals surface area contributed by atoms with Crippen molar-refractivity contribution in [3.63, 3.8) is 0 Å². The average Bonchev–Trinajstić information content (AvgIpc) is 2.46. The Bertz CT molecular complexity index is 263. The molecule has 0 aromatic carbocycles. The molecule has 1 N–H and O–H groups in total. The van der Waals surface area contributed by atoms with Crippen LogP contribution in [-0.2, 0) is 7.05 Å². The summed E-state index contributed by atoms with van der Waals surface area (Å²) < 4.78 is 1.86. The van der Waals surface area contributed by atoms with E-state index in [0.717, 1.165) is 30.2 Å². The fourth-order valence-corrected chi connectivity index (χ4v) is 1.96. The lowest BCUT2D eigenvalue weighted by Gasteiger charge is -2.12. The minimum absolute atomic E-state index is 0.453. The summed E-state index contributed by atoms with van der Waals surface area (Å²) in [7, 11) is 1.94. The Morgan fingerprint density at radius 2 is 2.36 bits per heavy atom. The molecule has 0 bridgehead atoms. The van der Waals surface area contributed by atoms with Crippen LogP contribution in [0.25, 0.3) is 0 Å². The van der Waals surface area contributed by atoms with Gasteiger partial charge in [-0.15, -0.1) is 0 Å². The summed E-state index contributed by atoms with van der Waals surface area (Å²) in [6, 6.07) is 0. The zero-order valence-electron chi connectivity index (χ0n) is 9.05. The molecule has 14 heavy (non-hydrogen) atoms. The normalized spacial score (nSPS) is 13.1. The van der Waals surface area contributed by atoms with Gasteiger partial charge in [-0.25, -0.2) is 0 Å². The van der Waals surface area contributed by atoms with Gasteiger partial charge in [-0.05, 0) is 19.5 Å². The van der Waals surface area contributed by atoms with E-state index in [2.05, 4.69) is 24.3 Å². The molecule has 1 heterocycles. The zero-order valence-corrected chi connectivity index (χ0v) is 9.80. The van der Waals surface area contributed by atoms with Gasteiger partial charge in [0.05, 0.1) is 16.9 Å². The third-order valence-corrected chi connectivity index (χ3v) is 2.70. The van der Waals surface area contributed by atoms with Crippen LogP contribution in [0.4, 0.5) is 0 Å². The summed E-state index contributed by atoms with van der Waals surface area (Å²) in [5.41, 5.74) is 1.13. The topological polar surface area (TPSA) is 29.9 Å². The molecule has 0 saturated heterocycles. The molecule has 0 aliphatic carbocycles. The van der Waals surface area contributed by atoms with Crippen molar-refractivity contribution in [1.29, 1.82) is 0 Å². The van der Waals surface area contributed by atoms with Crippen LogP contribution >= 0.6 is 11.6 Å². The van der Waals surface area contributed by atoms with Crippen LogP contribution in [0.1, 0.15) is 31.9 Å². The number of aryl methyl sites for hydroxylation is 1. The van der Waals surface area contributed by atoms with E-state index in [1.165, 1.54) is 0 Å². The van der Waals surface area contributed by atoms with Gasteiger partial charge in [-0.3, -0.25) is 4.68 Å². The highest BCUT2D eigenvalue weighted by Crippen LogP contribution is 2.25. The average molecular weight is 216 g/mol. The number of halogens is 1. The van der Waals surface area contributed by atoms with Gasteiger partial charge in [-0.1, -0.05) is 25.4 Å². The van der Waals surface area contributed by atoms with Crippen molar-refractivity contribution in [2.24, 2.45) is 7.05 Å². The lowest BCUT2D eigenvalue weighted by Crippen LogP contribution is -2.17. The monoisotopic (exact) mass is 215 g/mol. The van der Waals surface area contributed by atoms with E-state index in [1.54, 1.807) is 6.20 Å². The number of hydrogen-bond donors (Lipinski definition) is 1. The SMILES string of the molecule is CCNCCC(C)c1c(Cl)cnn1C. The van der Waals surface area contributed by atoms with E-state index in [0.29, 0.717) is 5.92 Å². The molecule has 4 heteroatoms. The maximum Gasteiger partial charge on any atom is 0.0820 e. The second-order valence-corrected chi connectivity index (χ2v) is 3.95. The van der Waals surface area contributed by atoms with Crippen LogP contribution < -0.4 is 5.32 Å². The van der Waals surface area contributed by atoms with Crippen LogP contribution in [0.2, 0.25) is 5.02 Å². The molecule has 0 saturated carbocycles. The number of rotatable bonds is 5. The fourth-order valence-electron chi connectivity index (χ4n) is 1.61. The Balaban J connectivity index is 2.55. The molecular weight excluding hydrogens is 198 g/mol. The predicted octanol–water partition coefficient (Wildman–Crippen LogP) is 2.18. The second kappa shape index (κ2) is 5.37. The molecule has 0 radical (unpaired) electrons. The first-order valence-corrected chi connectivity index (χ1v) is 5.42. The second-order valence-electron chi connectivity index (χ2n) is 3.54. The number of nitrogens with zero attached hydrogens (tertiary/aromatic N) is 2. The quantitative estimate of drug-likeness (QED) is 0.764. The minimum Gasteiger partial charge on any atom is -0.317 e. The summed E-state index contributed by atoms with van der Waals surface area (Å²) in [5.74, 6) is 0.453. The molecule has 1 aromatic rings. The molecular formula is C10H18ClN3. The molecule has 0 aliphatic rings. The Morgan fingerprint density at radius 1 is 1.64 bits per heavy atom. The van der Waals surface area contributed by atoms with Crippen LogP contribution in [0.3, 0.4) is 0 Å². The molecule has 0 fully saturated rings. The molecule has 3 nitrogen and oxygen atoms in total. The van der Waals surface area contributed by atoms with Gasteiger partial charge < -0.3 is 5.32 Å². The Labute approximate surface area is 90.4 Å². The van der Waals surface area contributed by atoms with Gasteiger partial charge in [0.25, 0.3) is 0 Å². The molecule has 80 valence electrons. The largest absolute Gasteiger partial charge is 0.317 e. The Kier molecular flexibility index (Phi) is 4.42. The van der Waals surface area contributed by atoms with Crippen molar-refractivity contribution in [3.8, 4) is 0 Å². The number of aromatic nitrogens is 2. The molecule has 1 unspecified atom stereocenters. The summed E-state index contributed by atoms with van der Waals surface area (Å²) >= 11 is 6.05. The lowest BCUT2D eigenvalue weighted by atomic mass is 10.0. The van der Waals surface area contributed by atoms with Gasteiger partial charge >= 0.3 is 0 Å². The number of hydrogen-bond acceptors (Lipinski definition) is 2. The highest BCUT2D eigenvalue weighted by atomic mass is 35.5. The first-order chi connectivity index (χ1) is 6.66. The zero-order chi connectivity index (χ0) is 10.6. The van der Waals surface area contributed by atoms with Crippen LogP contribution in [0, 0.1) is 0 Å². The maximum atomic E-state index is 6.05. The van der Waals surface area contributed by atoms with Crippen molar-refractivity contribution in [2.45, 2.75) is 26.2 Å². The van der Waals surface area contributed by atoms with Crippen molar-refractivity contribution < 1.29 is 0 Å². The van der Waals surface area contributed by atoms with Gasteiger partial charge in [0.15, 0.2) is 0 Å². The summed E-state index contributed by atoms with van der Waals surface area (Å²) in [6.07, 6.45) is 2.80. The molecule has 1 rings (SSSR count). The third-order valence-electron chi connectivity index (χ3n) is 2.41. The van der Waals surface area contributed by atoms with E-state index >= 15 is 0 Å². The van der Waals surface area contributed by atoms with Crippen LogP contribution in [-0.4, -0.2) is 22.9 Å². The van der Waals surface area contributed by atoms with Gasteiger partial charge in [0.1, 0.15) is 0 Å². The van der Waals surface area contributed by atoms with E-state index < -0.39 is 0 Å². The highest BCUT2D eigenvalue weighted by molar-refractivity contribution is 6.31. The summed E-state index contributed by atoms with van der Waals surface area (Å²) in [5, 5.41) is 8.21. The van der Waals surface area contributed by atoms with E-state index in [4.69, 9.17) is 11.6 Å². The summed E-state index contributed by atoms with van der Waals surface area (Å²) in [4.78, 5) is 0. The molecule has 1 aromatic heterocycles. The maximum absolute atomic E-state index is 6.05. The van der Waals surface area contributed by atoms with Gasteiger partial charge in [0, 0.05) is 13.0 Å². The smallest absolute Gasteiger partial charge is 0.0820 e. The first-order valence-electron chi connectivity index (χ1n) is 5.05. The van der Waals surface area contributed by atoms with Crippen molar-refractivity contribution in [2.75, 3.05) is 13.1 Å². The molecule has 1 atom stereocenters. The predicted molar refractivity (Wildman–Crippen MR) is 59.8 cm³/mol. The van der Waals surface area contributed by atoms with E-state index in [1.807, 2.05) is 11.7 Å². The summed E-state index contributed by atoms with van der Waals surface area (Å²) in [6.45, 7) is 6.34. The van der Waals surface area contributed by atoms with Crippen molar-refractivity contribution >= 4 is 11.6 Å². The Hall–Kier alpha value is -0.540. The van der Waals surface area contributed by atoms with Crippen LogP contribution in [0.15, 0.2) is 6.20 Å². The van der Waals surface area contributed by atoms with Crippen molar-refractivity contribution in [1.82, 2.24) is 15.1 Å². The molecule has 0 spiro atoms. The molecule has 0 amide bonds. The Morgan fingerprint density at radius 3 is 2.86 bits per heavy atom. The fraction of sp³-hybridized carbons (Fsp3) is 0.700. The highest BCUT2D eigenvalue weighted by Gasteiger charge is 2.13. The first kappa shape index (κ1) is 11.5. The van der Waals surface area contributed by atoms with E-state index in [-0.39, 0.29) is 0 Å². The van der Waals surface area contributed by atoms with Crippen molar-refractivity contribution in [3.05, 3.63) is 16.9 Å². The standard InChI is InChI=1S/C10H18ClN3/c1-4-12-6-5-8(2)10-9(11)7-13-14(10)3/h7-8,12H,4-6H2,1-3H3. The third kappa shape index (κ3) is 2.72. The lowest BCUT2D eigenvalue weighted by molar-refractivity contribution is 0.568. The molecule has 0 aliphatic heterocycles. The number of nitrogens with one attached hydrogen (secondary N) is 1. The minimum atomic E-state index is 0.453.